The van der Waals surface area contributed by atoms with Gasteiger partial charge >= 0.3 is 11.8 Å². The highest BCUT2D eigenvalue weighted by Gasteiger charge is 2.20. The van der Waals surface area contributed by atoms with Crippen LogP contribution in [0.15, 0.2) is 60.8 Å². The number of nitrogens with zero attached hydrogens (tertiary/aromatic N) is 5. The van der Waals surface area contributed by atoms with E-state index in [4.69, 9.17) is 16.3 Å². The molecule has 0 aliphatic carbocycles. The lowest BCUT2D eigenvalue weighted by Crippen LogP contribution is -2.14. The number of benzene rings is 2. The van der Waals surface area contributed by atoms with Crippen molar-refractivity contribution in [2.45, 2.75) is 13.5 Å². The minimum atomic E-state index is -0.630. The van der Waals surface area contributed by atoms with Gasteiger partial charge in [0.1, 0.15) is 19.3 Å². The molecule has 0 saturated heterocycles. The molecule has 0 bridgehead atoms. The lowest BCUT2D eigenvalue weighted by atomic mass is 10.1. The van der Waals surface area contributed by atoms with E-state index in [-0.39, 0.29) is 24.7 Å². The summed E-state index contributed by atoms with van der Waals surface area (Å²) in [7, 11) is 0. The van der Waals surface area contributed by atoms with E-state index in [0.717, 1.165) is 14.8 Å². The number of rotatable bonds is 7. The summed E-state index contributed by atoms with van der Waals surface area (Å²) < 4.78 is 9.48. The Morgan fingerprint density at radius 3 is 2.55 bits per heavy atom. The van der Waals surface area contributed by atoms with Crippen molar-refractivity contribution in [1.82, 2.24) is 19.3 Å². The molecule has 0 aliphatic heterocycles. The molecule has 2 heterocycles. The van der Waals surface area contributed by atoms with Gasteiger partial charge in [-0.25, -0.2) is 19.0 Å². The van der Waals surface area contributed by atoms with E-state index >= 15 is 0 Å². The van der Waals surface area contributed by atoms with Crippen LogP contribution in [0.3, 0.4) is 0 Å². The van der Waals surface area contributed by atoms with Gasteiger partial charge in [-0.1, -0.05) is 23.7 Å². The summed E-state index contributed by atoms with van der Waals surface area (Å²) in [5, 5.41) is 16.2. The molecular formula is C22H17ClIN5O4. The number of imidazole rings is 1. The van der Waals surface area contributed by atoms with Gasteiger partial charge in [0.25, 0.3) is 0 Å². The molecule has 0 saturated carbocycles. The van der Waals surface area contributed by atoms with Gasteiger partial charge in [0.2, 0.25) is 0 Å². The maximum atomic E-state index is 12.7. The van der Waals surface area contributed by atoms with Gasteiger partial charge in [0.05, 0.1) is 11.4 Å². The monoisotopic (exact) mass is 577 g/mol. The molecule has 0 aliphatic rings. The van der Waals surface area contributed by atoms with Crippen LogP contribution in [0.25, 0.3) is 16.9 Å². The number of hydrogen-bond donors (Lipinski definition) is 0. The average Bonchev–Trinajstić information content (AvgIpc) is 3.39. The van der Waals surface area contributed by atoms with Crippen molar-refractivity contribution >= 4 is 46.0 Å². The van der Waals surface area contributed by atoms with Crippen molar-refractivity contribution in [2.75, 3.05) is 6.61 Å². The maximum absolute atomic E-state index is 12.7. The Labute approximate surface area is 207 Å². The Bertz CT molecular complexity index is 1250. The third kappa shape index (κ3) is 5.06. The molecule has 4 rings (SSSR count). The van der Waals surface area contributed by atoms with Gasteiger partial charge < -0.3 is 14.9 Å². The Morgan fingerprint density at radius 2 is 1.88 bits per heavy atom. The molecule has 0 unspecified atom stereocenters. The number of ether oxygens (including phenoxy) is 1. The molecule has 0 spiro atoms. The summed E-state index contributed by atoms with van der Waals surface area (Å²) in [6.45, 7) is 1.69. The fourth-order valence-electron chi connectivity index (χ4n) is 3.27. The summed E-state index contributed by atoms with van der Waals surface area (Å²) in [5.74, 6) is -0.322. The molecule has 9 nitrogen and oxygen atoms in total. The molecule has 11 heteroatoms. The van der Waals surface area contributed by atoms with Crippen LogP contribution in [0.2, 0.25) is 5.02 Å². The second-order valence-corrected chi connectivity index (χ2v) is 8.70. The number of carbonyl (C=O) groups excluding carboxylic acids is 1. The lowest BCUT2D eigenvalue weighted by Gasteiger charge is -2.08. The Morgan fingerprint density at radius 1 is 1.18 bits per heavy atom. The molecular weight excluding hydrogens is 561 g/mol. The highest BCUT2D eigenvalue weighted by Crippen LogP contribution is 2.26. The van der Waals surface area contributed by atoms with E-state index in [1.807, 2.05) is 36.4 Å². The molecule has 0 N–H and O–H groups in total. The molecule has 0 fully saturated rings. The van der Waals surface area contributed by atoms with Crippen molar-refractivity contribution in [3.05, 3.63) is 91.0 Å². The van der Waals surface area contributed by atoms with Crippen LogP contribution in [-0.4, -0.2) is 36.8 Å². The zero-order valence-electron chi connectivity index (χ0n) is 17.3. The number of nitro groups is 1. The highest BCUT2D eigenvalue weighted by molar-refractivity contribution is 14.1. The SMILES string of the molecule is Cc1ncc([N+](=O)[O-])n1CCOC(=O)c1cc(-c2ccc(I)cc2)n(-c2ccc(Cl)cc2)n1. The van der Waals surface area contributed by atoms with E-state index in [2.05, 4.69) is 32.7 Å². The smallest absolute Gasteiger partial charge is 0.359 e. The maximum Gasteiger partial charge on any atom is 0.359 e. The summed E-state index contributed by atoms with van der Waals surface area (Å²) in [6, 6.07) is 16.6. The van der Waals surface area contributed by atoms with Gasteiger partial charge in [-0.15, -0.1) is 0 Å². The molecule has 2 aromatic heterocycles. The second-order valence-electron chi connectivity index (χ2n) is 7.02. The Hall–Kier alpha value is -3.25. The van der Waals surface area contributed by atoms with Crippen molar-refractivity contribution < 1.29 is 14.5 Å². The number of carbonyl (C=O) groups is 1. The number of esters is 1. The van der Waals surface area contributed by atoms with Crippen LogP contribution < -0.4 is 0 Å². The van der Waals surface area contributed by atoms with Gasteiger partial charge in [0, 0.05) is 21.1 Å². The molecule has 4 aromatic rings. The lowest BCUT2D eigenvalue weighted by molar-refractivity contribution is -0.392. The zero-order valence-corrected chi connectivity index (χ0v) is 20.2. The van der Waals surface area contributed by atoms with Crippen LogP contribution in [-0.2, 0) is 11.3 Å². The molecule has 2 aromatic carbocycles. The molecule has 0 atom stereocenters. The first kappa shape index (κ1) is 22.9. The van der Waals surface area contributed by atoms with Gasteiger partial charge in [-0.05, 0) is 70.0 Å². The molecule has 0 amide bonds. The molecule has 0 radical (unpaired) electrons. The van der Waals surface area contributed by atoms with Crippen molar-refractivity contribution in [3.8, 4) is 16.9 Å². The Balaban J connectivity index is 1.58. The topological polar surface area (TPSA) is 105 Å². The van der Waals surface area contributed by atoms with E-state index in [1.165, 1.54) is 10.8 Å². The third-order valence-electron chi connectivity index (χ3n) is 4.90. The predicted molar refractivity (Wildman–Crippen MR) is 131 cm³/mol. The van der Waals surface area contributed by atoms with Crippen LogP contribution in [0.5, 0.6) is 0 Å². The number of aryl methyl sites for hydroxylation is 1. The largest absolute Gasteiger partial charge is 0.457 e. The van der Waals surface area contributed by atoms with Crippen LogP contribution in [0.1, 0.15) is 16.3 Å². The highest BCUT2D eigenvalue weighted by atomic mass is 127. The van der Waals surface area contributed by atoms with E-state index in [1.54, 1.807) is 29.8 Å². The van der Waals surface area contributed by atoms with Crippen LogP contribution in [0.4, 0.5) is 5.82 Å². The van der Waals surface area contributed by atoms with Gasteiger partial charge in [-0.3, -0.25) is 0 Å². The van der Waals surface area contributed by atoms with Crippen molar-refractivity contribution in [2.24, 2.45) is 0 Å². The first-order chi connectivity index (χ1) is 15.8. The van der Waals surface area contributed by atoms with Gasteiger partial charge in [0.15, 0.2) is 11.5 Å². The predicted octanol–water partition coefficient (Wildman–Crippen LogP) is 5.07. The molecule has 33 heavy (non-hydrogen) atoms. The summed E-state index contributed by atoms with van der Waals surface area (Å²) in [5.41, 5.74) is 2.44. The summed E-state index contributed by atoms with van der Waals surface area (Å²) in [6.07, 6.45) is 1.18. The average molecular weight is 578 g/mol. The standard InChI is InChI=1S/C22H17ClIN5O4/c1-14-25-13-21(29(31)32)27(14)10-11-33-22(30)19-12-20(15-2-6-17(24)7-3-15)28(26-19)18-8-4-16(23)5-9-18/h2-9,12-13H,10-11H2,1H3. The minimum Gasteiger partial charge on any atom is -0.457 e. The van der Waals surface area contributed by atoms with E-state index in [9.17, 15) is 14.9 Å². The van der Waals surface area contributed by atoms with E-state index < -0.39 is 10.9 Å². The third-order valence-corrected chi connectivity index (χ3v) is 5.87. The quantitative estimate of drug-likeness (QED) is 0.132. The fourth-order valence-corrected chi connectivity index (χ4v) is 3.75. The second kappa shape index (κ2) is 9.71. The normalized spacial score (nSPS) is 10.9. The fraction of sp³-hybridized carbons (Fsp3) is 0.136. The van der Waals surface area contributed by atoms with Crippen LogP contribution in [0, 0.1) is 20.6 Å². The van der Waals surface area contributed by atoms with E-state index in [0.29, 0.717) is 16.5 Å². The van der Waals surface area contributed by atoms with Crippen molar-refractivity contribution in [3.63, 3.8) is 0 Å². The van der Waals surface area contributed by atoms with Crippen molar-refractivity contribution in [1.29, 1.82) is 0 Å². The summed E-state index contributed by atoms with van der Waals surface area (Å²) in [4.78, 5) is 27.3. The zero-order chi connectivity index (χ0) is 23.5. The van der Waals surface area contributed by atoms with Gasteiger partial charge in [-0.2, -0.15) is 5.10 Å². The Kier molecular flexibility index (Phi) is 6.75. The first-order valence-electron chi connectivity index (χ1n) is 9.79. The summed E-state index contributed by atoms with van der Waals surface area (Å²) >= 11 is 8.24. The first-order valence-corrected chi connectivity index (χ1v) is 11.2. The number of halogens is 2. The van der Waals surface area contributed by atoms with Crippen LogP contribution >= 0.6 is 34.2 Å². The molecule has 168 valence electrons. The minimum absolute atomic E-state index is 0.0659. The number of aromatic nitrogens is 4. The number of hydrogen-bond acceptors (Lipinski definition) is 6.